The van der Waals surface area contributed by atoms with E-state index in [1.54, 1.807) is 0 Å². The summed E-state index contributed by atoms with van der Waals surface area (Å²) in [6, 6.07) is 10.0. The fraction of sp³-hybridized carbons (Fsp3) is 0.524. The molecule has 2 aromatic rings. The Kier molecular flexibility index (Phi) is 11.7. The van der Waals surface area contributed by atoms with E-state index in [1.807, 2.05) is 51.4 Å². The maximum Gasteiger partial charge on any atom is 0.191 e. The number of benzene rings is 1. The highest BCUT2D eigenvalue weighted by Gasteiger charge is 2.09. The van der Waals surface area contributed by atoms with E-state index < -0.39 is 0 Å². The zero-order valence-electron chi connectivity index (χ0n) is 18.1. The smallest absolute Gasteiger partial charge is 0.191 e. The van der Waals surface area contributed by atoms with E-state index in [-0.39, 0.29) is 24.0 Å². The highest BCUT2D eigenvalue weighted by Crippen LogP contribution is 2.19. The largest absolute Gasteiger partial charge is 0.492 e. The van der Waals surface area contributed by atoms with Crippen molar-refractivity contribution in [3.05, 3.63) is 47.3 Å². The van der Waals surface area contributed by atoms with Crippen LogP contribution in [0.3, 0.4) is 0 Å². The van der Waals surface area contributed by atoms with Crippen LogP contribution in [0.1, 0.15) is 43.7 Å². The first-order valence-electron chi connectivity index (χ1n) is 9.82. The van der Waals surface area contributed by atoms with Crippen LogP contribution in [0.15, 0.2) is 39.8 Å². The van der Waals surface area contributed by atoms with E-state index in [9.17, 15) is 0 Å². The van der Waals surface area contributed by atoms with Crippen molar-refractivity contribution in [2.75, 3.05) is 33.8 Å². The number of nitrogens with zero attached hydrogens (tertiary/aromatic N) is 3. The Morgan fingerprint density at radius 1 is 1.24 bits per heavy atom. The molecule has 1 aromatic heterocycles. The molecule has 0 aliphatic rings. The number of aliphatic imine (C=N–C) groups is 1. The third-order valence-corrected chi connectivity index (χ3v) is 4.12. The summed E-state index contributed by atoms with van der Waals surface area (Å²) < 4.78 is 11.3. The lowest BCUT2D eigenvalue weighted by Gasteiger charge is -2.14. The van der Waals surface area contributed by atoms with Crippen LogP contribution in [0.5, 0.6) is 5.75 Å². The number of aromatic nitrogens is 1. The van der Waals surface area contributed by atoms with E-state index in [0.717, 1.165) is 41.8 Å². The van der Waals surface area contributed by atoms with E-state index in [4.69, 9.17) is 9.26 Å². The molecule has 8 heteroatoms. The van der Waals surface area contributed by atoms with Crippen molar-refractivity contribution in [3.8, 4) is 5.75 Å². The minimum Gasteiger partial charge on any atom is -0.492 e. The molecule has 2 rings (SSSR count). The number of ether oxygens (including phenoxy) is 1. The molecular weight excluding hydrogens is 481 g/mol. The monoisotopic (exact) mass is 515 g/mol. The van der Waals surface area contributed by atoms with Gasteiger partial charge >= 0.3 is 0 Å². The van der Waals surface area contributed by atoms with Gasteiger partial charge in [-0.05, 0) is 33.0 Å². The third-order valence-electron chi connectivity index (χ3n) is 4.12. The van der Waals surface area contributed by atoms with Gasteiger partial charge in [0.25, 0.3) is 0 Å². The molecule has 0 unspecified atom stereocenters. The Balaban J connectivity index is 0.00000420. The van der Waals surface area contributed by atoms with Gasteiger partial charge in [-0.1, -0.05) is 37.2 Å². The van der Waals surface area contributed by atoms with E-state index in [2.05, 4.69) is 39.5 Å². The molecular formula is C21H34IN5O2. The highest BCUT2D eigenvalue weighted by molar-refractivity contribution is 14.0. The first-order chi connectivity index (χ1) is 13.5. The number of rotatable bonds is 10. The van der Waals surface area contributed by atoms with Crippen molar-refractivity contribution < 1.29 is 9.26 Å². The van der Waals surface area contributed by atoms with Crippen molar-refractivity contribution >= 4 is 29.9 Å². The molecule has 29 heavy (non-hydrogen) atoms. The molecule has 2 N–H and O–H groups in total. The van der Waals surface area contributed by atoms with Gasteiger partial charge in [0.15, 0.2) is 11.7 Å². The van der Waals surface area contributed by atoms with E-state index in [1.165, 1.54) is 0 Å². The van der Waals surface area contributed by atoms with Crippen LogP contribution >= 0.6 is 24.0 Å². The van der Waals surface area contributed by atoms with Crippen LogP contribution in [-0.4, -0.2) is 49.8 Å². The van der Waals surface area contributed by atoms with Crippen molar-refractivity contribution in [1.82, 2.24) is 20.7 Å². The van der Waals surface area contributed by atoms with Crippen LogP contribution in [-0.2, 0) is 13.1 Å². The molecule has 162 valence electrons. The van der Waals surface area contributed by atoms with Crippen LogP contribution in [0, 0.1) is 0 Å². The SMILES string of the molecule is CCNC(=NCc1ccccc1OCCN(C)C)NCc1cc(C(C)C)no1.I. The lowest BCUT2D eigenvalue weighted by molar-refractivity contribution is 0.259. The quantitative estimate of drug-likeness (QED) is 0.286. The number of guanidine groups is 1. The lowest BCUT2D eigenvalue weighted by atomic mass is 10.1. The highest BCUT2D eigenvalue weighted by atomic mass is 127. The summed E-state index contributed by atoms with van der Waals surface area (Å²) in [6.07, 6.45) is 0. The predicted molar refractivity (Wildman–Crippen MR) is 128 cm³/mol. The Bertz CT molecular complexity index is 746. The zero-order chi connectivity index (χ0) is 20.4. The number of nitrogens with one attached hydrogen (secondary N) is 2. The molecule has 0 amide bonds. The third kappa shape index (κ3) is 9.03. The minimum absolute atomic E-state index is 0. The summed E-state index contributed by atoms with van der Waals surface area (Å²) >= 11 is 0. The number of hydrogen-bond acceptors (Lipinski definition) is 5. The van der Waals surface area contributed by atoms with Crippen LogP contribution in [0.2, 0.25) is 0 Å². The van der Waals surface area contributed by atoms with Gasteiger partial charge in [0.2, 0.25) is 0 Å². The first-order valence-corrected chi connectivity index (χ1v) is 9.82. The van der Waals surface area contributed by atoms with Gasteiger partial charge in [0.05, 0.1) is 18.8 Å². The first kappa shape index (κ1) is 25.2. The molecule has 0 aliphatic carbocycles. The van der Waals surface area contributed by atoms with Crippen molar-refractivity contribution in [1.29, 1.82) is 0 Å². The standard InChI is InChI=1S/C21H33N5O2.HI/c1-6-22-21(24-15-18-13-19(16(2)3)25-28-18)23-14-17-9-7-8-10-20(17)27-12-11-26(4)5;/h7-10,13,16H,6,11-12,14-15H2,1-5H3,(H2,22,23,24);1H. The van der Waals surface area contributed by atoms with Crippen molar-refractivity contribution in [3.63, 3.8) is 0 Å². The van der Waals surface area contributed by atoms with Crippen LogP contribution < -0.4 is 15.4 Å². The average molecular weight is 515 g/mol. The van der Waals surface area contributed by atoms with Crippen molar-refractivity contribution in [2.45, 2.75) is 39.8 Å². The second kappa shape index (κ2) is 13.4. The molecule has 0 saturated carbocycles. The predicted octanol–water partition coefficient (Wildman–Crippen LogP) is 3.61. The van der Waals surface area contributed by atoms with Gasteiger partial charge in [-0.3, -0.25) is 0 Å². The zero-order valence-corrected chi connectivity index (χ0v) is 20.4. The summed E-state index contributed by atoms with van der Waals surface area (Å²) in [5, 5.41) is 10.6. The van der Waals surface area contributed by atoms with Gasteiger partial charge < -0.3 is 24.8 Å². The summed E-state index contributed by atoms with van der Waals surface area (Å²) in [7, 11) is 4.07. The normalized spacial score (nSPS) is 11.5. The molecule has 7 nitrogen and oxygen atoms in total. The fourth-order valence-electron chi connectivity index (χ4n) is 2.47. The van der Waals surface area contributed by atoms with Gasteiger partial charge in [0, 0.05) is 24.7 Å². The molecule has 0 bridgehead atoms. The van der Waals surface area contributed by atoms with Gasteiger partial charge in [-0.25, -0.2) is 4.99 Å². The lowest BCUT2D eigenvalue weighted by Crippen LogP contribution is -2.36. The summed E-state index contributed by atoms with van der Waals surface area (Å²) in [4.78, 5) is 6.79. The molecule has 0 saturated heterocycles. The van der Waals surface area contributed by atoms with Gasteiger partial charge in [-0.2, -0.15) is 0 Å². The number of halogens is 1. The molecule has 0 atom stereocenters. The minimum atomic E-state index is 0. The topological polar surface area (TPSA) is 74.9 Å². The van der Waals surface area contributed by atoms with E-state index in [0.29, 0.717) is 25.6 Å². The molecule has 0 aliphatic heterocycles. The summed E-state index contributed by atoms with van der Waals surface area (Å²) in [6.45, 7) is 9.60. The molecule has 0 fully saturated rings. The molecule has 1 heterocycles. The Morgan fingerprint density at radius 2 is 2.00 bits per heavy atom. The van der Waals surface area contributed by atoms with Crippen LogP contribution in [0.4, 0.5) is 0 Å². The average Bonchev–Trinajstić information content (AvgIpc) is 3.14. The molecule has 0 spiro atoms. The summed E-state index contributed by atoms with van der Waals surface area (Å²) in [5.41, 5.74) is 2.02. The van der Waals surface area contributed by atoms with Crippen LogP contribution in [0.25, 0.3) is 0 Å². The van der Waals surface area contributed by atoms with E-state index >= 15 is 0 Å². The Labute approximate surface area is 191 Å². The summed E-state index contributed by atoms with van der Waals surface area (Å²) in [5.74, 6) is 2.75. The Hall–Kier alpha value is -1.81. The number of hydrogen-bond donors (Lipinski definition) is 2. The second-order valence-electron chi connectivity index (χ2n) is 7.18. The molecule has 0 radical (unpaired) electrons. The number of likely N-dealkylation sites (N-methyl/N-ethyl adjacent to an activating group) is 1. The van der Waals surface area contributed by atoms with Gasteiger partial charge in [0.1, 0.15) is 12.4 Å². The number of para-hydroxylation sites is 1. The maximum absolute atomic E-state index is 5.92. The Morgan fingerprint density at radius 3 is 2.66 bits per heavy atom. The van der Waals surface area contributed by atoms with Crippen molar-refractivity contribution in [2.24, 2.45) is 4.99 Å². The fourth-order valence-corrected chi connectivity index (χ4v) is 2.47. The molecule has 1 aromatic carbocycles. The second-order valence-corrected chi connectivity index (χ2v) is 7.18. The van der Waals surface area contributed by atoms with Gasteiger partial charge in [-0.15, -0.1) is 24.0 Å². The maximum atomic E-state index is 5.92.